The van der Waals surface area contributed by atoms with Crippen LogP contribution in [0.1, 0.15) is 27.0 Å². The van der Waals surface area contributed by atoms with Gasteiger partial charge in [0.25, 0.3) is 0 Å². The molecular formula is C36H33IO7S2. The number of rotatable bonds is 9. The molecule has 5 aromatic rings. The zero-order valence-electron chi connectivity index (χ0n) is 25.5. The molecule has 238 valence electrons. The first-order valence-electron chi connectivity index (χ1n) is 14.2. The first kappa shape index (κ1) is 35.0. The third-order valence-corrected chi connectivity index (χ3v) is 10.5. The van der Waals surface area contributed by atoms with Crippen LogP contribution in [-0.4, -0.2) is 37.3 Å². The highest BCUT2D eigenvalue weighted by Gasteiger charge is 2.28. The highest BCUT2D eigenvalue weighted by atomic mass is 127. The number of phenols is 1. The van der Waals surface area contributed by atoms with Gasteiger partial charge in [0.1, 0.15) is 34.8 Å². The lowest BCUT2D eigenvalue weighted by Gasteiger charge is -2.11. The van der Waals surface area contributed by atoms with Gasteiger partial charge in [0.05, 0.1) is 21.4 Å². The number of halogens is 1. The topological polar surface area (TPSA) is 113 Å². The number of aryl methyl sites for hydroxylation is 3. The van der Waals surface area contributed by atoms with Crippen molar-refractivity contribution in [3.05, 3.63) is 141 Å². The molecule has 0 bridgehead atoms. The number of ether oxygens (including phenoxy) is 2. The molecule has 5 aromatic carbocycles. The van der Waals surface area contributed by atoms with E-state index >= 15 is 0 Å². The third kappa shape index (κ3) is 10.1. The number of benzene rings is 5. The van der Waals surface area contributed by atoms with Gasteiger partial charge in [0.2, 0.25) is 0 Å². The van der Waals surface area contributed by atoms with Crippen LogP contribution in [0.15, 0.2) is 135 Å². The Kier molecular flexibility index (Phi) is 12.3. The van der Waals surface area contributed by atoms with Gasteiger partial charge in [-0.15, -0.1) is 0 Å². The number of hydrogen-bond donors (Lipinski definition) is 1. The highest BCUT2D eigenvalue weighted by molar-refractivity contribution is 14.1. The second kappa shape index (κ2) is 16.1. The minimum Gasteiger partial charge on any atom is -0.744 e. The Labute approximate surface area is 286 Å². The summed E-state index contributed by atoms with van der Waals surface area (Å²) in [6.07, 6.45) is 0. The number of carbonyl (C=O) groups is 1. The number of carbonyl (C=O) groups excluding carboxylic acids is 1. The maximum Gasteiger partial charge on any atom is 0.338 e. The van der Waals surface area contributed by atoms with E-state index in [0.29, 0.717) is 5.75 Å². The number of hydrogen-bond acceptors (Lipinski definition) is 7. The molecule has 5 rings (SSSR count). The molecule has 0 saturated heterocycles. The molecule has 0 fully saturated rings. The van der Waals surface area contributed by atoms with Gasteiger partial charge in [0.15, 0.2) is 14.7 Å². The van der Waals surface area contributed by atoms with Crippen LogP contribution in [0.3, 0.4) is 0 Å². The molecule has 0 aliphatic heterocycles. The third-order valence-electron chi connectivity index (χ3n) is 6.63. The van der Waals surface area contributed by atoms with Crippen LogP contribution in [0.25, 0.3) is 0 Å². The van der Waals surface area contributed by atoms with E-state index in [9.17, 15) is 22.9 Å². The molecule has 1 N–H and O–H groups in total. The molecule has 0 aliphatic carbocycles. The molecule has 0 amide bonds. The predicted octanol–water partition coefficient (Wildman–Crippen LogP) is 7.84. The van der Waals surface area contributed by atoms with Crippen LogP contribution in [0, 0.1) is 24.3 Å². The lowest BCUT2D eigenvalue weighted by Crippen LogP contribution is -2.12. The quantitative estimate of drug-likeness (QED) is 0.0535. The summed E-state index contributed by atoms with van der Waals surface area (Å²) in [5.74, 6) is -0.935. The molecule has 0 atom stereocenters. The first-order valence-corrected chi connectivity index (χ1v) is 17.9. The summed E-state index contributed by atoms with van der Waals surface area (Å²) in [7, 11) is -4.84. The lowest BCUT2D eigenvalue weighted by atomic mass is 10.2. The van der Waals surface area contributed by atoms with E-state index in [1.54, 1.807) is 12.1 Å². The SMILES string of the molecule is Cc1ccc([S+](c2ccc(C)cc2)c2ccc(C)cc2)cc1.O=C(OCCOc1ccc(I)cc1)c1ccc(S(=O)(=O)[O-])c(O)c1. The molecule has 46 heavy (non-hydrogen) atoms. The van der Waals surface area contributed by atoms with Crippen molar-refractivity contribution in [1.29, 1.82) is 0 Å². The maximum atomic E-state index is 11.8. The maximum absolute atomic E-state index is 11.8. The second-order valence-electron chi connectivity index (χ2n) is 10.3. The molecule has 7 nitrogen and oxygen atoms in total. The molecule has 0 heterocycles. The van der Waals surface area contributed by atoms with E-state index < -0.39 is 26.7 Å². The van der Waals surface area contributed by atoms with Gasteiger partial charge in [-0.1, -0.05) is 53.1 Å². The normalized spacial score (nSPS) is 11.0. The van der Waals surface area contributed by atoms with Crippen molar-refractivity contribution >= 4 is 49.6 Å². The van der Waals surface area contributed by atoms with Crippen LogP contribution in [0.5, 0.6) is 11.5 Å². The highest BCUT2D eigenvalue weighted by Crippen LogP contribution is 2.31. The minimum atomic E-state index is -4.80. The van der Waals surface area contributed by atoms with Crippen LogP contribution in [0.2, 0.25) is 0 Å². The van der Waals surface area contributed by atoms with E-state index in [0.717, 1.165) is 21.8 Å². The summed E-state index contributed by atoms with van der Waals surface area (Å²) < 4.78 is 44.0. The Balaban J connectivity index is 0.000000209. The van der Waals surface area contributed by atoms with Crippen molar-refractivity contribution in [2.75, 3.05) is 13.2 Å². The summed E-state index contributed by atoms with van der Waals surface area (Å²) in [5, 5.41) is 9.51. The fourth-order valence-electron chi connectivity index (χ4n) is 4.20. The van der Waals surface area contributed by atoms with E-state index in [1.165, 1.54) is 31.4 Å². The molecule has 0 spiro atoms. The van der Waals surface area contributed by atoms with Crippen molar-refractivity contribution in [3.63, 3.8) is 0 Å². The molecule has 0 aromatic heterocycles. The van der Waals surface area contributed by atoms with Crippen molar-refractivity contribution in [2.24, 2.45) is 0 Å². The zero-order chi connectivity index (χ0) is 33.3. The summed E-state index contributed by atoms with van der Waals surface area (Å²) >= 11 is 2.16. The summed E-state index contributed by atoms with van der Waals surface area (Å²) in [6.45, 7) is 6.51. The Morgan fingerprint density at radius 2 is 1.17 bits per heavy atom. The fraction of sp³-hybridized carbons (Fsp3) is 0.139. The van der Waals surface area contributed by atoms with Crippen LogP contribution >= 0.6 is 22.6 Å². The van der Waals surface area contributed by atoms with Crippen LogP contribution < -0.4 is 4.74 Å². The number of esters is 1. The number of aromatic hydroxyl groups is 1. The standard InChI is InChI=1S/C21H21S.C15H13IO7S/c1-16-4-10-19(11-5-16)22(20-12-6-17(2)7-13-20)21-14-8-18(3)9-15-21;16-11-2-4-12(5-3-11)22-7-8-23-15(18)10-1-6-14(13(17)9-10)24(19,20)21/h4-15H,1-3H3;1-6,9,17H,7-8H2,(H,19,20,21)/q+1;/p-1. The van der Waals surface area contributed by atoms with Crippen molar-refractivity contribution in [3.8, 4) is 11.5 Å². The van der Waals surface area contributed by atoms with Crippen molar-refractivity contribution in [2.45, 2.75) is 40.4 Å². The Hall–Kier alpha value is -3.84. The van der Waals surface area contributed by atoms with Crippen LogP contribution in [-0.2, 0) is 25.7 Å². The average molecular weight is 769 g/mol. The molecule has 0 radical (unpaired) electrons. The van der Waals surface area contributed by atoms with Gasteiger partial charge in [-0.2, -0.15) is 0 Å². The van der Waals surface area contributed by atoms with Crippen molar-refractivity contribution < 1.29 is 32.3 Å². The van der Waals surface area contributed by atoms with Gasteiger partial charge in [-0.25, -0.2) is 13.2 Å². The van der Waals surface area contributed by atoms with Crippen LogP contribution in [0.4, 0.5) is 0 Å². The van der Waals surface area contributed by atoms with Gasteiger partial charge in [-0.05, 0) is 122 Å². The Morgan fingerprint density at radius 3 is 1.59 bits per heavy atom. The summed E-state index contributed by atoms with van der Waals surface area (Å²) in [6, 6.07) is 36.9. The summed E-state index contributed by atoms with van der Waals surface area (Å²) in [5.41, 5.74) is 3.84. The van der Waals surface area contributed by atoms with E-state index in [4.69, 9.17) is 9.47 Å². The predicted molar refractivity (Wildman–Crippen MR) is 187 cm³/mol. The first-order chi connectivity index (χ1) is 21.9. The zero-order valence-corrected chi connectivity index (χ0v) is 29.3. The monoisotopic (exact) mass is 768 g/mol. The van der Waals surface area contributed by atoms with Crippen molar-refractivity contribution in [1.82, 2.24) is 0 Å². The smallest absolute Gasteiger partial charge is 0.338 e. The Morgan fingerprint density at radius 1 is 0.717 bits per heavy atom. The molecule has 10 heteroatoms. The van der Waals surface area contributed by atoms with Gasteiger partial charge >= 0.3 is 5.97 Å². The lowest BCUT2D eigenvalue weighted by molar-refractivity contribution is 0.0449. The molecule has 0 aliphatic rings. The van der Waals surface area contributed by atoms with Gasteiger partial charge in [-0.3, -0.25) is 0 Å². The van der Waals surface area contributed by atoms with Gasteiger partial charge in [0, 0.05) is 3.57 Å². The second-order valence-corrected chi connectivity index (χ2v) is 14.9. The fourth-order valence-corrected chi connectivity index (χ4v) is 7.15. The number of phenolic OH excluding ortho intramolecular Hbond substituents is 1. The minimum absolute atomic E-state index is 0.0345. The van der Waals surface area contributed by atoms with E-state index in [-0.39, 0.29) is 29.7 Å². The van der Waals surface area contributed by atoms with E-state index in [2.05, 4.69) is 116 Å². The molecule has 0 saturated carbocycles. The molecular weight excluding hydrogens is 735 g/mol. The average Bonchev–Trinajstić information content (AvgIpc) is 3.02. The van der Waals surface area contributed by atoms with Gasteiger partial charge < -0.3 is 19.1 Å². The Bertz CT molecular complexity index is 1750. The van der Waals surface area contributed by atoms with E-state index in [1.807, 2.05) is 12.1 Å². The molecule has 0 unspecified atom stereocenters. The largest absolute Gasteiger partial charge is 0.744 e. The summed E-state index contributed by atoms with van der Waals surface area (Å²) in [4.78, 5) is 15.1.